The number of aliphatic imine (C=N–C) groups is 1. The SMILES string of the molecule is c1cc(CN=C2NC3CCCC3CS2)co1. The van der Waals surface area contributed by atoms with Gasteiger partial charge in [0.2, 0.25) is 0 Å². The molecule has 1 N–H and O–H groups in total. The molecule has 0 bridgehead atoms. The Morgan fingerprint density at radius 1 is 1.50 bits per heavy atom. The van der Waals surface area contributed by atoms with E-state index in [0.717, 1.165) is 23.2 Å². The van der Waals surface area contributed by atoms with E-state index in [2.05, 4.69) is 10.3 Å². The first kappa shape index (κ1) is 10.3. The minimum atomic E-state index is 0.685. The van der Waals surface area contributed by atoms with Crippen LogP contribution < -0.4 is 5.32 Å². The van der Waals surface area contributed by atoms with Crippen LogP contribution in [0, 0.1) is 5.92 Å². The number of rotatable bonds is 2. The molecule has 2 heterocycles. The molecule has 0 radical (unpaired) electrons. The molecule has 1 saturated carbocycles. The first-order chi connectivity index (χ1) is 7.92. The zero-order valence-electron chi connectivity index (χ0n) is 9.19. The van der Waals surface area contributed by atoms with Gasteiger partial charge in [0, 0.05) is 17.4 Å². The molecule has 1 aromatic rings. The normalized spacial score (nSPS) is 31.4. The fraction of sp³-hybridized carbons (Fsp3) is 0.583. The van der Waals surface area contributed by atoms with Gasteiger partial charge in [0.25, 0.3) is 0 Å². The first-order valence-electron chi connectivity index (χ1n) is 5.87. The molecule has 2 unspecified atom stereocenters. The fourth-order valence-corrected chi connectivity index (χ4v) is 3.61. The highest BCUT2D eigenvalue weighted by atomic mass is 32.2. The topological polar surface area (TPSA) is 37.5 Å². The summed E-state index contributed by atoms with van der Waals surface area (Å²) in [6.07, 6.45) is 7.54. The summed E-state index contributed by atoms with van der Waals surface area (Å²) >= 11 is 1.87. The number of hydrogen-bond donors (Lipinski definition) is 1. The standard InChI is InChI=1S/C12H16N2OS/c1-2-10-8-16-12(14-11(10)3-1)13-6-9-4-5-15-7-9/h4-5,7,10-11H,1-3,6,8H2,(H,13,14). The molecule has 0 amide bonds. The van der Waals surface area contributed by atoms with Crippen LogP contribution in [-0.2, 0) is 6.54 Å². The Bertz CT molecular complexity index is 374. The van der Waals surface area contributed by atoms with Crippen LogP contribution >= 0.6 is 11.8 Å². The van der Waals surface area contributed by atoms with Crippen molar-refractivity contribution in [3.05, 3.63) is 24.2 Å². The van der Waals surface area contributed by atoms with Crippen molar-refractivity contribution in [2.24, 2.45) is 10.9 Å². The van der Waals surface area contributed by atoms with Gasteiger partial charge in [-0.1, -0.05) is 18.2 Å². The number of amidine groups is 1. The second-order valence-electron chi connectivity index (χ2n) is 4.51. The average molecular weight is 236 g/mol. The van der Waals surface area contributed by atoms with Crippen LogP contribution in [0.15, 0.2) is 28.0 Å². The van der Waals surface area contributed by atoms with Gasteiger partial charge in [-0.3, -0.25) is 4.99 Å². The Hall–Kier alpha value is -0.900. The van der Waals surface area contributed by atoms with Crippen molar-refractivity contribution in [2.45, 2.75) is 31.8 Å². The Morgan fingerprint density at radius 3 is 3.38 bits per heavy atom. The molecule has 1 aromatic heterocycles. The molecule has 86 valence electrons. The number of hydrogen-bond acceptors (Lipinski definition) is 3. The van der Waals surface area contributed by atoms with Crippen LogP contribution in [0.5, 0.6) is 0 Å². The van der Waals surface area contributed by atoms with Crippen molar-refractivity contribution in [2.75, 3.05) is 5.75 Å². The highest BCUT2D eigenvalue weighted by Gasteiger charge is 2.31. The predicted octanol–water partition coefficient (Wildman–Crippen LogP) is 2.64. The van der Waals surface area contributed by atoms with Gasteiger partial charge in [-0.15, -0.1) is 0 Å². The van der Waals surface area contributed by atoms with Gasteiger partial charge in [0.15, 0.2) is 5.17 Å². The molecule has 0 spiro atoms. The summed E-state index contributed by atoms with van der Waals surface area (Å²) in [5.74, 6) is 2.11. The number of fused-ring (bicyclic) bond motifs is 1. The molecule has 2 fully saturated rings. The average Bonchev–Trinajstić information content (AvgIpc) is 2.97. The summed E-state index contributed by atoms with van der Waals surface area (Å²) in [5.41, 5.74) is 1.14. The van der Waals surface area contributed by atoms with Gasteiger partial charge in [-0.2, -0.15) is 0 Å². The largest absolute Gasteiger partial charge is 0.472 e. The molecule has 2 aliphatic rings. The lowest BCUT2D eigenvalue weighted by Crippen LogP contribution is -2.41. The van der Waals surface area contributed by atoms with Crippen LogP contribution in [0.2, 0.25) is 0 Å². The monoisotopic (exact) mass is 236 g/mol. The highest BCUT2D eigenvalue weighted by Crippen LogP contribution is 2.32. The van der Waals surface area contributed by atoms with Crippen molar-refractivity contribution in [3.63, 3.8) is 0 Å². The van der Waals surface area contributed by atoms with Crippen molar-refractivity contribution in [1.29, 1.82) is 0 Å². The molecular weight excluding hydrogens is 220 g/mol. The van der Waals surface area contributed by atoms with E-state index >= 15 is 0 Å². The number of furan rings is 1. The van der Waals surface area contributed by atoms with E-state index in [4.69, 9.17) is 4.42 Å². The van der Waals surface area contributed by atoms with Crippen LogP contribution in [0.1, 0.15) is 24.8 Å². The van der Waals surface area contributed by atoms with Crippen LogP contribution in [0.4, 0.5) is 0 Å². The van der Waals surface area contributed by atoms with Gasteiger partial charge in [-0.25, -0.2) is 0 Å². The molecule has 3 nitrogen and oxygen atoms in total. The van der Waals surface area contributed by atoms with Crippen LogP contribution in [0.25, 0.3) is 0 Å². The Labute approximate surface area is 99.7 Å². The lowest BCUT2D eigenvalue weighted by Gasteiger charge is -2.27. The minimum Gasteiger partial charge on any atom is -0.472 e. The van der Waals surface area contributed by atoms with E-state index in [1.165, 1.54) is 25.0 Å². The minimum absolute atomic E-state index is 0.685. The summed E-state index contributed by atoms with van der Waals surface area (Å²) < 4.78 is 5.03. The van der Waals surface area contributed by atoms with Crippen molar-refractivity contribution in [1.82, 2.24) is 5.32 Å². The molecule has 0 aromatic carbocycles. The van der Waals surface area contributed by atoms with Crippen molar-refractivity contribution in [3.8, 4) is 0 Å². The van der Waals surface area contributed by atoms with Crippen molar-refractivity contribution < 1.29 is 4.42 Å². The predicted molar refractivity (Wildman–Crippen MR) is 66.6 cm³/mol. The summed E-state index contributed by atoms with van der Waals surface area (Å²) in [6.45, 7) is 0.725. The number of thioether (sulfide) groups is 1. The van der Waals surface area contributed by atoms with E-state index in [0.29, 0.717) is 6.04 Å². The molecule has 1 aliphatic carbocycles. The van der Waals surface area contributed by atoms with Gasteiger partial charge in [0.1, 0.15) is 0 Å². The van der Waals surface area contributed by atoms with E-state index in [1.54, 1.807) is 12.5 Å². The van der Waals surface area contributed by atoms with Crippen molar-refractivity contribution >= 4 is 16.9 Å². The van der Waals surface area contributed by atoms with Gasteiger partial charge >= 0.3 is 0 Å². The molecule has 1 aliphatic heterocycles. The zero-order valence-corrected chi connectivity index (χ0v) is 10.0. The third-order valence-electron chi connectivity index (χ3n) is 3.39. The van der Waals surface area contributed by atoms with E-state index < -0.39 is 0 Å². The lowest BCUT2D eigenvalue weighted by atomic mass is 10.1. The van der Waals surface area contributed by atoms with Gasteiger partial charge in [0.05, 0.1) is 19.1 Å². The maximum atomic E-state index is 5.03. The van der Waals surface area contributed by atoms with Crippen LogP contribution in [-0.4, -0.2) is 17.0 Å². The summed E-state index contributed by atoms with van der Waals surface area (Å²) in [5, 5.41) is 4.68. The quantitative estimate of drug-likeness (QED) is 0.857. The van der Waals surface area contributed by atoms with E-state index in [1.807, 2.05) is 17.8 Å². The summed E-state index contributed by atoms with van der Waals surface area (Å²) in [6, 6.07) is 2.65. The molecular formula is C12H16N2OS. The zero-order chi connectivity index (χ0) is 10.8. The van der Waals surface area contributed by atoms with Gasteiger partial charge in [-0.05, 0) is 24.8 Å². The van der Waals surface area contributed by atoms with Gasteiger partial charge < -0.3 is 9.73 Å². The molecule has 1 saturated heterocycles. The Balaban J connectivity index is 1.61. The van der Waals surface area contributed by atoms with E-state index in [9.17, 15) is 0 Å². The fourth-order valence-electron chi connectivity index (χ4n) is 2.45. The molecule has 3 rings (SSSR count). The lowest BCUT2D eigenvalue weighted by molar-refractivity contribution is 0.489. The maximum absolute atomic E-state index is 5.03. The molecule has 16 heavy (non-hydrogen) atoms. The Kier molecular flexibility index (Phi) is 2.91. The molecule has 4 heteroatoms. The second-order valence-corrected chi connectivity index (χ2v) is 5.51. The summed E-state index contributed by atoms with van der Waals surface area (Å²) in [4.78, 5) is 4.59. The first-order valence-corrected chi connectivity index (χ1v) is 6.85. The maximum Gasteiger partial charge on any atom is 0.157 e. The second kappa shape index (κ2) is 4.53. The number of nitrogens with zero attached hydrogens (tertiary/aromatic N) is 1. The summed E-state index contributed by atoms with van der Waals surface area (Å²) in [7, 11) is 0. The third kappa shape index (κ3) is 2.12. The van der Waals surface area contributed by atoms with E-state index in [-0.39, 0.29) is 0 Å². The number of nitrogens with one attached hydrogen (secondary N) is 1. The van der Waals surface area contributed by atoms with Crippen LogP contribution in [0.3, 0.4) is 0 Å². The third-order valence-corrected chi connectivity index (χ3v) is 4.50. The Morgan fingerprint density at radius 2 is 2.50 bits per heavy atom. The smallest absolute Gasteiger partial charge is 0.157 e. The highest BCUT2D eigenvalue weighted by molar-refractivity contribution is 8.13. The molecule has 2 atom stereocenters.